The minimum Gasteiger partial charge on any atom is -0.146 e. The maximum Gasteiger partial charge on any atom is 0.153 e. The highest BCUT2D eigenvalue weighted by Crippen LogP contribution is 2.08. The minimum atomic E-state index is 0.286. The highest BCUT2D eigenvalue weighted by molar-refractivity contribution is 6.33. The second kappa shape index (κ2) is 2.29. The van der Waals surface area contributed by atoms with Crippen LogP contribution in [-0.2, 0) is 0 Å². The summed E-state index contributed by atoms with van der Waals surface area (Å²) in [7, 11) is 0. The number of aromatic nitrogens is 2. The van der Waals surface area contributed by atoms with Crippen LogP contribution in [-0.4, -0.2) is 10.2 Å². The van der Waals surface area contributed by atoms with Gasteiger partial charge in [-0.1, -0.05) is 23.2 Å². The molecule has 0 spiro atoms. The van der Waals surface area contributed by atoms with Crippen molar-refractivity contribution in [2.24, 2.45) is 0 Å². The Hall–Kier alpha value is -0.340. The summed E-state index contributed by atoms with van der Waals surface area (Å²) in [6, 6.07) is 1.47. The van der Waals surface area contributed by atoms with E-state index in [9.17, 15) is 0 Å². The van der Waals surface area contributed by atoms with E-state index < -0.39 is 0 Å². The largest absolute Gasteiger partial charge is 0.153 e. The lowest BCUT2D eigenvalue weighted by atomic mass is 10.6. The van der Waals surface area contributed by atoms with Crippen molar-refractivity contribution in [1.29, 1.82) is 0 Å². The number of rotatable bonds is 0. The lowest BCUT2D eigenvalue weighted by molar-refractivity contribution is 1.02. The Balaban J connectivity index is 3.08. The molecule has 0 amide bonds. The Bertz CT molecular complexity index is 172. The maximum atomic E-state index is 5.40. The molecular formula is C4HCl2N2. The van der Waals surface area contributed by atoms with Gasteiger partial charge in [-0.25, -0.2) is 0 Å². The lowest BCUT2D eigenvalue weighted by Gasteiger charge is -1.83. The van der Waals surface area contributed by atoms with E-state index in [4.69, 9.17) is 23.2 Å². The quantitative estimate of drug-likeness (QED) is 0.558. The second-order valence-electron chi connectivity index (χ2n) is 1.13. The third kappa shape index (κ3) is 1.32. The van der Waals surface area contributed by atoms with Crippen molar-refractivity contribution < 1.29 is 0 Å². The van der Waals surface area contributed by atoms with Crippen LogP contribution in [0.5, 0.6) is 0 Å². The zero-order valence-electron chi connectivity index (χ0n) is 3.73. The molecule has 0 saturated carbocycles. The highest BCUT2D eigenvalue weighted by Gasteiger charge is 1.89. The van der Waals surface area contributed by atoms with E-state index in [1.54, 1.807) is 0 Å². The topological polar surface area (TPSA) is 25.8 Å². The molecule has 0 saturated heterocycles. The summed E-state index contributed by atoms with van der Waals surface area (Å²) in [5.41, 5.74) is 0. The Labute approximate surface area is 56.4 Å². The number of nitrogens with zero attached hydrogens (tertiary/aromatic N) is 2. The van der Waals surface area contributed by atoms with Crippen LogP contribution in [0.4, 0.5) is 0 Å². The van der Waals surface area contributed by atoms with Gasteiger partial charge in [0.05, 0.1) is 5.02 Å². The lowest BCUT2D eigenvalue weighted by Crippen LogP contribution is -1.78. The Morgan fingerprint density at radius 3 is 2.62 bits per heavy atom. The van der Waals surface area contributed by atoms with Gasteiger partial charge in [0.2, 0.25) is 0 Å². The molecule has 8 heavy (non-hydrogen) atoms. The average Bonchev–Trinajstić information content (AvgIpc) is 1.64. The molecule has 0 aliphatic heterocycles. The maximum absolute atomic E-state index is 5.40. The molecule has 0 atom stereocenters. The molecule has 0 N–H and O–H groups in total. The fraction of sp³-hybridized carbons (Fsp3) is 0. The normalized spacial score (nSPS) is 9.25. The molecule has 0 fully saturated rings. The summed E-state index contributed by atoms with van der Waals surface area (Å²) in [4.78, 5) is 0. The monoisotopic (exact) mass is 147 g/mol. The summed E-state index contributed by atoms with van der Waals surface area (Å²) < 4.78 is 0. The summed E-state index contributed by atoms with van der Waals surface area (Å²) in [5, 5.41) is 7.43. The number of hydrogen-bond acceptors (Lipinski definition) is 2. The van der Waals surface area contributed by atoms with Gasteiger partial charge in [-0.2, -0.15) is 0 Å². The average molecular weight is 148 g/mol. The predicted molar refractivity (Wildman–Crippen MR) is 30.9 cm³/mol. The van der Waals surface area contributed by atoms with Crippen LogP contribution in [0.3, 0.4) is 0 Å². The van der Waals surface area contributed by atoms with Gasteiger partial charge in [-0.05, 0) is 6.07 Å². The van der Waals surface area contributed by atoms with Crippen molar-refractivity contribution in [2.75, 3.05) is 0 Å². The van der Waals surface area contributed by atoms with E-state index in [0.29, 0.717) is 5.02 Å². The summed E-state index contributed by atoms with van der Waals surface area (Å²) in [6.45, 7) is 0. The van der Waals surface area contributed by atoms with Gasteiger partial charge in [-0.15, -0.1) is 10.2 Å². The first-order valence-corrected chi connectivity index (χ1v) is 2.61. The van der Waals surface area contributed by atoms with Crippen molar-refractivity contribution in [3.8, 4) is 0 Å². The summed E-state index contributed by atoms with van der Waals surface area (Å²) >= 11 is 10.8. The number of hydrogen-bond donors (Lipinski definition) is 0. The zero-order valence-corrected chi connectivity index (χ0v) is 5.24. The molecule has 1 radical (unpaired) electrons. The van der Waals surface area contributed by atoms with Crippen LogP contribution in [0.15, 0.2) is 6.07 Å². The third-order valence-electron chi connectivity index (χ3n) is 0.548. The van der Waals surface area contributed by atoms with Crippen molar-refractivity contribution in [3.05, 3.63) is 22.4 Å². The molecule has 0 aliphatic carbocycles. The van der Waals surface area contributed by atoms with Gasteiger partial charge in [0, 0.05) is 0 Å². The van der Waals surface area contributed by atoms with E-state index in [2.05, 4.69) is 16.4 Å². The standard InChI is InChI=1S/C4HCl2N2/c5-3-1-4(6)8-7-2-3/h1H. The van der Waals surface area contributed by atoms with Crippen LogP contribution < -0.4 is 0 Å². The molecule has 2 nitrogen and oxygen atoms in total. The van der Waals surface area contributed by atoms with Crippen molar-refractivity contribution in [3.63, 3.8) is 0 Å². The minimum absolute atomic E-state index is 0.286. The van der Waals surface area contributed by atoms with E-state index in [1.165, 1.54) is 6.07 Å². The van der Waals surface area contributed by atoms with Crippen molar-refractivity contribution in [2.45, 2.75) is 0 Å². The molecular weight excluding hydrogens is 147 g/mol. The summed E-state index contributed by atoms with van der Waals surface area (Å²) in [6.07, 6.45) is 2.39. The van der Waals surface area contributed by atoms with Gasteiger partial charge in [0.15, 0.2) is 5.15 Å². The SMILES string of the molecule is Clc1[c]nnc(Cl)c1. The zero-order chi connectivity index (χ0) is 5.98. The first-order chi connectivity index (χ1) is 3.79. The third-order valence-corrected chi connectivity index (χ3v) is 0.926. The molecule has 41 valence electrons. The van der Waals surface area contributed by atoms with Crippen LogP contribution in [0.25, 0.3) is 0 Å². The number of halogens is 2. The van der Waals surface area contributed by atoms with Crippen LogP contribution in [0.2, 0.25) is 10.2 Å². The van der Waals surface area contributed by atoms with Gasteiger partial charge in [0.25, 0.3) is 0 Å². The van der Waals surface area contributed by atoms with Gasteiger partial charge < -0.3 is 0 Å². The van der Waals surface area contributed by atoms with E-state index in [-0.39, 0.29) is 5.15 Å². The fourth-order valence-corrected chi connectivity index (χ4v) is 0.630. The Kier molecular flexibility index (Phi) is 1.65. The van der Waals surface area contributed by atoms with Gasteiger partial charge in [0.1, 0.15) is 6.20 Å². The van der Waals surface area contributed by atoms with Crippen molar-refractivity contribution >= 4 is 23.2 Å². The van der Waals surface area contributed by atoms with Crippen LogP contribution in [0.1, 0.15) is 0 Å². The molecule has 1 aromatic heterocycles. The van der Waals surface area contributed by atoms with Gasteiger partial charge in [-0.3, -0.25) is 0 Å². The Morgan fingerprint density at radius 2 is 2.25 bits per heavy atom. The van der Waals surface area contributed by atoms with E-state index >= 15 is 0 Å². The van der Waals surface area contributed by atoms with Crippen molar-refractivity contribution in [1.82, 2.24) is 10.2 Å². The molecule has 0 aliphatic rings. The molecule has 0 bridgehead atoms. The highest BCUT2D eigenvalue weighted by atomic mass is 35.5. The second-order valence-corrected chi connectivity index (χ2v) is 1.92. The van der Waals surface area contributed by atoms with Crippen LogP contribution in [0, 0.1) is 6.20 Å². The smallest absolute Gasteiger partial charge is 0.146 e. The van der Waals surface area contributed by atoms with Crippen LogP contribution >= 0.6 is 23.2 Å². The molecule has 0 aromatic carbocycles. The predicted octanol–water partition coefficient (Wildman–Crippen LogP) is 1.58. The molecule has 4 heteroatoms. The molecule has 1 rings (SSSR count). The van der Waals surface area contributed by atoms with E-state index in [1.807, 2.05) is 0 Å². The first-order valence-electron chi connectivity index (χ1n) is 1.85. The summed E-state index contributed by atoms with van der Waals surface area (Å²) in [5.74, 6) is 0. The molecule has 1 aromatic rings. The van der Waals surface area contributed by atoms with E-state index in [0.717, 1.165) is 0 Å². The van der Waals surface area contributed by atoms with Gasteiger partial charge >= 0.3 is 0 Å². The first kappa shape index (κ1) is 5.79. The molecule has 1 heterocycles. The molecule has 0 unspecified atom stereocenters. The fourth-order valence-electron chi connectivity index (χ4n) is 0.286. The Morgan fingerprint density at radius 1 is 1.50 bits per heavy atom.